The van der Waals surface area contributed by atoms with Gasteiger partial charge in [0.05, 0.1) is 17.2 Å². The number of para-hydroxylation sites is 2. The molecule has 0 radical (unpaired) electrons. The molecule has 1 atom stereocenters. The fourth-order valence-corrected chi connectivity index (χ4v) is 4.37. The first-order valence-corrected chi connectivity index (χ1v) is 9.65. The van der Waals surface area contributed by atoms with E-state index < -0.39 is 0 Å². The van der Waals surface area contributed by atoms with E-state index in [1.54, 1.807) is 12.5 Å². The van der Waals surface area contributed by atoms with E-state index in [0.717, 1.165) is 36.1 Å². The molecule has 3 heterocycles. The molecular weight excluding hydrogens is 340 g/mol. The second kappa shape index (κ2) is 6.33. The van der Waals surface area contributed by atoms with Crippen LogP contribution in [-0.4, -0.2) is 37.5 Å². The number of carbonyl (C=O) groups is 1. The maximum atomic E-state index is 12.6. The number of nitrogens with zero attached hydrogens (tertiary/aromatic N) is 5. The van der Waals surface area contributed by atoms with Gasteiger partial charge in [-0.05, 0) is 31.4 Å². The zero-order valence-electron chi connectivity index (χ0n) is 15.3. The molecule has 1 aliphatic carbocycles. The SMILES string of the molecule is CC[C@@H]1C(=O)Nc2cnc(-n3cnc4ccccc43)nc2N1C1CCCC1. The number of benzene rings is 1. The highest BCUT2D eigenvalue weighted by Gasteiger charge is 2.38. The molecule has 1 saturated carbocycles. The minimum atomic E-state index is -0.178. The van der Waals surface area contributed by atoms with Crippen molar-refractivity contribution in [3.8, 4) is 5.95 Å². The van der Waals surface area contributed by atoms with Gasteiger partial charge >= 0.3 is 0 Å². The largest absolute Gasteiger partial charge is 0.340 e. The maximum Gasteiger partial charge on any atom is 0.247 e. The van der Waals surface area contributed by atoms with E-state index in [-0.39, 0.29) is 11.9 Å². The highest BCUT2D eigenvalue weighted by molar-refractivity contribution is 6.02. The van der Waals surface area contributed by atoms with Crippen molar-refractivity contribution in [3.05, 3.63) is 36.8 Å². The van der Waals surface area contributed by atoms with Crippen LogP contribution in [-0.2, 0) is 4.79 Å². The predicted octanol–water partition coefficient (Wildman–Crippen LogP) is 3.30. The van der Waals surface area contributed by atoms with Gasteiger partial charge in [-0.25, -0.2) is 9.97 Å². The highest BCUT2D eigenvalue weighted by Crippen LogP contribution is 2.37. The van der Waals surface area contributed by atoms with Gasteiger partial charge in [0.2, 0.25) is 11.9 Å². The molecule has 7 nitrogen and oxygen atoms in total. The van der Waals surface area contributed by atoms with Crippen LogP contribution < -0.4 is 10.2 Å². The first kappa shape index (κ1) is 16.2. The number of nitrogens with one attached hydrogen (secondary N) is 1. The Morgan fingerprint density at radius 3 is 2.81 bits per heavy atom. The normalized spacial score (nSPS) is 20.1. The summed E-state index contributed by atoms with van der Waals surface area (Å²) in [6.45, 7) is 2.06. The number of fused-ring (bicyclic) bond motifs is 2. The quantitative estimate of drug-likeness (QED) is 0.774. The van der Waals surface area contributed by atoms with Gasteiger partial charge in [-0.1, -0.05) is 31.9 Å². The molecule has 0 spiro atoms. The molecule has 5 rings (SSSR count). The zero-order valence-corrected chi connectivity index (χ0v) is 15.3. The van der Waals surface area contributed by atoms with E-state index in [1.807, 2.05) is 28.8 Å². The third-order valence-corrected chi connectivity index (χ3v) is 5.67. The number of hydrogen-bond acceptors (Lipinski definition) is 5. The minimum Gasteiger partial charge on any atom is -0.340 e. The van der Waals surface area contributed by atoms with E-state index in [9.17, 15) is 4.79 Å². The number of amides is 1. The zero-order chi connectivity index (χ0) is 18.4. The van der Waals surface area contributed by atoms with Gasteiger partial charge in [0.25, 0.3) is 0 Å². The van der Waals surface area contributed by atoms with Gasteiger partial charge in [0.1, 0.15) is 18.1 Å². The van der Waals surface area contributed by atoms with Crippen molar-refractivity contribution in [2.75, 3.05) is 10.2 Å². The summed E-state index contributed by atoms with van der Waals surface area (Å²) in [6, 6.07) is 8.12. The number of anilines is 2. The molecule has 27 heavy (non-hydrogen) atoms. The van der Waals surface area contributed by atoms with Gasteiger partial charge in [-0.15, -0.1) is 0 Å². The van der Waals surface area contributed by atoms with Crippen LogP contribution in [0.1, 0.15) is 39.0 Å². The van der Waals surface area contributed by atoms with Crippen molar-refractivity contribution in [1.82, 2.24) is 19.5 Å². The van der Waals surface area contributed by atoms with Crippen LogP contribution in [0.2, 0.25) is 0 Å². The summed E-state index contributed by atoms with van der Waals surface area (Å²) < 4.78 is 1.90. The molecule has 2 aliphatic rings. The first-order chi connectivity index (χ1) is 13.3. The van der Waals surface area contributed by atoms with Crippen LogP contribution in [0.4, 0.5) is 11.5 Å². The van der Waals surface area contributed by atoms with Crippen molar-refractivity contribution in [3.63, 3.8) is 0 Å². The lowest BCUT2D eigenvalue weighted by molar-refractivity contribution is -0.117. The van der Waals surface area contributed by atoms with Crippen LogP contribution in [0.25, 0.3) is 17.0 Å². The van der Waals surface area contributed by atoms with E-state index in [1.165, 1.54) is 12.8 Å². The molecule has 3 aromatic rings. The van der Waals surface area contributed by atoms with Crippen molar-refractivity contribution in [2.45, 2.75) is 51.1 Å². The summed E-state index contributed by atoms with van der Waals surface area (Å²) in [7, 11) is 0. The maximum absolute atomic E-state index is 12.6. The molecule has 0 saturated heterocycles. The lowest BCUT2D eigenvalue weighted by Gasteiger charge is -2.40. The second-order valence-electron chi connectivity index (χ2n) is 7.27. The van der Waals surface area contributed by atoms with Gasteiger partial charge in [-0.3, -0.25) is 9.36 Å². The van der Waals surface area contributed by atoms with Gasteiger partial charge in [-0.2, -0.15) is 4.98 Å². The van der Waals surface area contributed by atoms with Crippen molar-refractivity contribution in [2.24, 2.45) is 0 Å². The fraction of sp³-hybridized carbons (Fsp3) is 0.400. The Bertz CT molecular complexity index is 1010. The van der Waals surface area contributed by atoms with Crippen LogP contribution in [0.5, 0.6) is 0 Å². The lowest BCUT2D eigenvalue weighted by Crippen LogP contribution is -2.52. The van der Waals surface area contributed by atoms with Crippen LogP contribution in [0.3, 0.4) is 0 Å². The second-order valence-corrected chi connectivity index (χ2v) is 7.27. The molecule has 1 aromatic carbocycles. The van der Waals surface area contributed by atoms with E-state index >= 15 is 0 Å². The average molecular weight is 362 g/mol. The molecule has 0 bridgehead atoms. The van der Waals surface area contributed by atoms with Gasteiger partial charge < -0.3 is 10.2 Å². The Kier molecular flexibility index (Phi) is 3.81. The minimum absolute atomic E-state index is 0.0429. The molecule has 1 aliphatic heterocycles. The molecule has 138 valence electrons. The molecule has 1 N–H and O–H groups in total. The van der Waals surface area contributed by atoms with Crippen LogP contribution in [0, 0.1) is 0 Å². The van der Waals surface area contributed by atoms with E-state index in [4.69, 9.17) is 4.98 Å². The molecule has 1 fully saturated rings. The average Bonchev–Trinajstić information content (AvgIpc) is 3.36. The van der Waals surface area contributed by atoms with E-state index in [0.29, 0.717) is 17.7 Å². The van der Waals surface area contributed by atoms with Crippen molar-refractivity contribution >= 4 is 28.4 Å². The Morgan fingerprint density at radius 1 is 1.19 bits per heavy atom. The van der Waals surface area contributed by atoms with Crippen molar-refractivity contribution < 1.29 is 4.79 Å². The Labute approximate surface area is 157 Å². The molecule has 7 heteroatoms. The molecule has 0 unspecified atom stereocenters. The Balaban J connectivity index is 1.64. The van der Waals surface area contributed by atoms with Crippen LogP contribution in [0.15, 0.2) is 36.8 Å². The number of aromatic nitrogens is 4. The summed E-state index contributed by atoms with van der Waals surface area (Å²) in [5.41, 5.74) is 2.58. The molecule has 2 aromatic heterocycles. The molecular formula is C20H22N6O. The lowest BCUT2D eigenvalue weighted by atomic mass is 10.0. The summed E-state index contributed by atoms with van der Waals surface area (Å²) >= 11 is 0. The number of imidazole rings is 1. The summed E-state index contributed by atoms with van der Waals surface area (Å²) in [4.78, 5) is 28.7. The standard InChI is InChI=1S/C20H22N6O/c1-2-16-19(27)23-15-11-21-20(24-18(15)26(16)13-7-3-4-8-13)25-12-22-14-9-5-6-10-17(14)25/h5-6,9-13,16H,2-4,7-8H2,1H3,(H,23,27)/t16-/m1/s1. The molecule has 1 amide bonds. The summed E-state index contributed by atoms with van der Waals surface area (Å²) in [5.74, 6) is 1.45. The summed E-state index contributed by atoms with van der Waals surface area (Å²) in [6.07, 6.45) is 8.86. The summed E-state index contributed by atoms with van der Waals surface area (Å²) in [5, 5.41) is 2.99. The number of carbonyl (C=O) groups excluding carboxylic acids is 1. The Hall–Kier alpha value is -2.96. The predicted molar refractivity (Wildman–Crippen MR) is 104 cm³/mol. The van der Waals surface area contributed by atoms with Crippen LogP contribution >= 0.6 is 0 Å². The van der Waals surface area contributed by atoms with Gasteiger partial charge in [0, 0.05) is 6.04 Å². The Morgan fingerprint density at radius 2 is 2.00 bits per heavy atom. The third kappa shape index (κ3) is 2.57. The fourth-order valence-electron chi connectivity index (χ4n) is 4.37. The first-order valence-electron chi connectivity index (χ1n) is 9.65. The number of hydrogen-bond donors (Lipinski definition) is 1. The third-order valence-electron chi connectivity index (χ3n) is 5.67. The van der Waals surface area contributed by atoms with Crippen molar-refractivity contribution in [1.29, 1.82) is 0 Å². The number of rotatable bonds is 3. The van der Waals surface area contributed by atoms with E-state index in [2.05, 4.69) is 27.1 Å². The van der Waals surface area contributed by atoms with Gasteiger partial charge in [0.15, 0.2) is 5.82 Å². The smallest absolute Gasteiger partial charge is 0.247 e. The highest BCUT2D eigenvalue weighted by atomic mass is 16.2. The monoisotopic (exact) mass is 362 g/mol. The topological polar surface area (TPSA) is 75.9 Å².